The van der Waals surface area contributed by atoms with E-state index in [9.17, 15) is 18.0 Å². The molecule has 0 aliphatic carbocycles. The lowest BCUT2D eigenvalue weighted by Crippen LogP contribution is -2.42. The van der Waals surface area contributed by atoms with Crippen molar-refractivity contribution in [3.63, 3.8) is 0 Å². The average Bonchev–Trinajstić information content (AvgIpc) is 3.43. The van der Waals surface area contributed by atoms with Crippen molar-refractivity contribution in [2.75, 3.05) is 11.4 Å². The van der Waals surface area contributed by atoms with E-state index in [1.54, 1.807) is 29.1 Å². The lowest BCUT2D eigenvalue weighted by atomic mass is 10.0. The number of carbonyl (C=O) groups excluding carboxylic acids is 1. The van der Waals surface area contributed by atoms with E-state index >= 15 is 0 Å². The van der Waals surface area contributed by atoms with Crippen LogP contribution in [0.25, 0.3) is 22.7 Å². The zero-order chi connectivity index (χ0) is 23.3. The maximum absolute atomic E-state index is 13.5. The minimum Gasteiger partial charge on any atom is -0.355 e. The molecule has 0 N–H and O–H groups in total. The fourth-order valence-corrected chi connectivity index (χ4v) is 4.04. The molecule has 1 amide bonds. The quantitative estimate of drug-likeness (QED) is 0.394. The van der Waals surface area contributed by atoms with Crippen LogP contribution in [0.4, 0.5) is 18.9 Å². The number of rotatable bonds is 3. The van der Waals surface area contributed by atoms with Crippen molar-refractivity contribution in [1.82, 2.24) is 19.9 Å². The van der Waals surface area contributed by atoms with Gasteiger partial charge in [0, 0.05) is 24.5 Å². The number of aromatic nitrogens is 4. The molecule has 5 rings (SSSR count). The van der Waals surface area contributed by atoms with Crippen LogP contribution in [0.3, 0.4) is 0 Å². The molecular weight excluding hydrogens is 467 g/mol. The lowest BCUT2D eigenvalue weighted by molar-refractivity contribution is -0.138. The number of fused-ring (bicyclic) bond motifs is 1. The first-order valence-electron chi connectivity index (χ1n) is 10.2. The highest BCUT2D eigenvalue weighted by atomic mass is 32.1. The Bertz CT molecular complexity index is 1350. The molecule has 0 fully saturated rings. The van der Waals surface area contributed by atoms with Crippen LogP contribution in [0.5, 0.6) is 0 Å². The molecule has 0 spiro atoms. The number of pyridine rings is 1. The summed E-state index contributed by atoms with van der Waals surface area (Å²) in [5.41, 5.74) is 1.59. The summed E-state index contributed by atoms with van der Waals surface area (Å²) < 4.78 is 46.6. The fourth-order valence-electron chi connectivity index (χ4n) is 4.04. The second-order valence-corrected chi connectivity index (χ2v) is 7.90. The smallest absolute Gasteiger partial charge is 0.355 e. The number of hydrogen-bond donors (Lipinski definition) is 0. The monoisotopic (exact) mass is 487 g/mol. The van der Waals surface area contributed by atoms with E-state index in [0.717, 1.165) is 6.07 Å². The van der Waals surface area contributed by atoms with Crippen molar-refractivity contribution >= 4 is 25.1 Å². The van der Waals surface area contributed by atoms with Crippen LogP contribution < -0.4 is 4.90 Å². The molecule has 1 aromatic carbocycles. The largest absolute Gasteiger partial charge is 0.416 e. The predicted octanol–water partition coefficient (Wildman–Crippen LogP) is 5.26. The highest BCUT2D eigenvalue weighted by molar-refractivity contribution is 7.59. The number of aryl methyl sites for hydroxylation is 1. The standard InChI is InChI=1S/C23H18F3N5O2.H2S/c1-13-9-15(6-7-17(13)23(24,25)26)30-12-14(2)31-21(22(30)32)16(11-28-31)20-10-19(29-33-20)18-5-3-4-8-27-18;/h3-11,14H,12H2,1-2H3;1H2/t14-;/m0./s1. The van der Waals surface area contributed by atoms with Gasteiger partial charge >= 0.3 is 6.18 Å². The molecule has 4 aromatic rings. The highest BCUT2D eigenvalue weighted by Gasteiger charge is 2.36. The Morgan fingerprint density at radius 1 is 1.12 bits per heavy atom. The molecule has 0 saturated heterocycles. The summed E-state index contributed by atoms with van der Waals surface area (Å²) in [4.78, 5) is 19.2. The Hall–Kier alpha value is -3.60. The average molecular weight is 488 g/mol. The molecule has 1 aliphatic heterocycles. The number of halogens is 3. The number of benzene rings is 1. The van der Waals surface area contributed by atoms with E-state index in [-0.39, 0.29) is 43.2 Å². The van der Waals surface area contributed by atoms with Crippen LogP contribution in [0.15, 0.2) is 59.4 Å². The van der Waals surface area contributed by atoms with Gasteiger partial charge in [0.05, 0.1) is 29.1 Å². The van der Waals surface area contributed by atoms with E-state index in [1.165, 1.54) is 30.2 Å². The van der Waals surface area contributed by atoms with Gasteiger partial charge in [-0.25, -0.2) is 0 Å². The summed E-state index contributed by atoms with van der Waals surface area (Å²) in [6, 6.07) is 10.6. The Labute approximate surface area is 199 Å². The zero-order valence-corrected chi connectivity index (χ0v) is 19.2. The molecule has 34 heavy (non-hydrogen) atoms. The lowest BCUT2D eigenvalue weighted by Gasteiger charge is -2.32. The molecule has 11 heteroatoms. The number of alkyl halides is 3. The van der Waals surface area contributed by atoms with E-state index in [2.05, 4.69) is 15.2 Å². The Balaban J connectivity index is 0.00000274. The number of hydrogen-bond acceptors (Lipinski definition) is 5. The molecule has 7 nitrogen and oxygen atoms in total. The third-order valence-electron chi connectivity index (χ3n) is 5.64. The number of nitrogens with zero attached hydrogens (tertiary/aromatic N) is 5. The van der Waals surface area contributed by atoms with Gasteiger partial charge in [0.2, 0.25) is 0 Å². The van der Waals surface area contributed by atoms with Gasteiger partial charge in [-0.1, -0.05) is 11.2 Å². The Kier molecular flexibility index (Phi) is 5.98. The summed E-state index contributed by atoms with van der Waals surface area (Å²) in [5, 5.41) is 8.41. The first-order valence-corrected chi connectivity index (χ1v) is 10.2. The van der Waals surface area contributed by atoms with E-state index in [0.29, 0.717) is 28.4 Å². The summed E-state index contributed by atoms with van der Waals surface area (Å²) >= 11 is 0. The van der Waals surface area contributed by atoms with E-state index < -0.39 is 11.7 Å². The first kappa shape index (κ1) is 23.6. The van der Waals surface area contributed by atoms with Crippen molar-refractivity contribution in [3.8, 4) is 22.7 Å². The van der Waals surface area contributed by atoms with Gasteiger partial charge in [0.15, 0.2) is 5.76 Å². The highest BCUT2D eigenvalue weighted by Crippen LogP contribution is 2.37. The fraction of sp³-hybridized carbons (Fsp3) is 0.217. The van der Waals surface area contributed by atoms with Crippen LogP contribution in [-0.4, -0.2) is 32.4 Å². The third kappa shape index (κ3) is 3.96. The van der Waals surface area contributed by atoms with Crippen LogP contribution >= 0.6 is 13.5 Å². The van der Waals surface area contributed by atoms with E-state index in [4.69, 9.17) is 4.52 Å². The normalized spacial score (nSPS) is 15.7. The number of anilines is 1. The van der Waals surface area contributed by atoms with Gasteiger partial charge in [-0.05, 0) is 49.7 Å². The summed E-state index contributed by atoms with van der Waals surface area (Å²) in [7, 11) is 0. The second kappa shape index (κ2) is 8.64. The first-order chi connectivity index (χ1) is 15.7. The van der Waals surface area contributed by atoms with Crippen LogP contribution in [-0.2, 0) is 6.18 Å². The van der Waals surface area contributed by atoms with Gasteiger partial charge in [-0.3, -0.25) is 14.5 Å². The molecule has 1 atom stereocenters. The minimum atomic E-state index is -4.45. The Morgan fingerprint density at radius 3 is 2.59 bits per heavy atom. The molecule has 4 heterocycles. The van der Waals surface area contributed by atoms with Gasteiger partial charge in [-0.15, -0.1) is 0 Å². The molecule has 0 bridgehead atoms. The molecule has 3 aromatic heterocycles. The van der Waals surface area contributed by atoms with E-state index in [1.807, 2.05) is 13.0 Å². The van der Waals surface area contributed by atoms with Crippen molar-refractivity contribution in [2.45, 2.75) is 26.1 Å². The number of amides is 1. The summed E-state index contributed by atoms with van der Waals surface area (Å²) in [6.07, 6.45) is -1.28. The topological polar surface area (TPSA) is 77.1 Å². The molecule has 0 radical (unpaired) electrons. The zero-order valence-electron chi connectivity index (χ0n) is 18.2. The maximum atomic E-state index is 13.5. The summed E-state index contributed by atoms with van der Waals surface area (Å²) in [5.74, 6) is -0.0292. The molecular formula is C23H20F3N5O2S. The van der Waals surface area contributed by atoms with Gasteiger partial charge in [-0.2, -0.15) is 31.8 Å². The molecule has 0 saturated carbocycles. The van der Waals surface area contributed by atoms with Gasteiger partial charge in [0.1, 0.15) is 11.4 Å². The molecule has 1 aliphatic rings. The van der Waals surface area contributed by atoms with Crippen molar-refractivity contribution in [2.24, 2.45) is 0 Å². The van der Waals surface area contributed by atoms with Crippen molar-refractivity contribution in [3.05, 3.63) is 71.7 Å². The van der Waals surface area contributed by atoms with Crippen LogP contribution in [0, 0.1) is 6.92 Å². The predicted molar refractivity (Wildman–Crippen MR) is 124 cm³/mol. The van der Waals surface area contributed by atoms with Gasteiger partial charge < -0.3 is 9.42 Å². The third-order valence-corrected chi connectivity index (χ3v) is 5.64. The van der Waals surface area contributed by atoms with Gasteiger partial charge in [0.25, 0.3) is 5.91 Å². The molecule has 176 valence electrons. The molecule has 0 unspecified atom stereocenters. The van der Waals surface area contributed by atoms with Crippen LogP contribution in [0.2, 0.25) is 0 Å². The Morgan fingerprint density at radius 2 is 1.91 bits per heavy atom. The number of carbonyl (C=O) groups is 1. The maximum Gasteiger partial charge on any atom is 0.416 e. The summed E-state index contributed by atoms with van der Waals surface area (Å²) in [6.45, 7) is 3.54. The second-order valence-electron chi connectivity index (χ2n) is 7.90. The SMILES string of the molecule is Cc1cc(N2C[C@H](C)n3ncc(-c4cc(-c5ccccn5)no4)c3C2=O)ccc1C(F)(F)F.S. The van der Waals surface area contributed by atoms with Crippen molar-refractivity contribution in [1.29, 1.82) is 0 Å². The van der Waals surface area contributed by atoms with Crippen LogP contribution in [0.1, 0.15) is 34.6 Å². The van der Waals surface area contributed by atoms with Crippen molar-refractivity contribution < 1.29 is 22.5 Å². The minimum absolute atomic E-state index is 0.